The van der Waals surface area contributed by atoms with Crippen molar-refractivity contribution < 1.29 is 17.9 Å². The molecule has 33 heavy (non-hydrogen) atoms. The maximum Gasteiger partial charge on any atom is 0.419 e. The molecule has 0 amide bonds. The Bertz CT molecular complexity index is 924. The van der Waals surface area contributed by atoms with Crippen LogP contribution in [0.3, 0.4) is 0 Å². The second-order valence-corrected chi connectivity index (χ2v) is 8.00. The summed E-state index contributed by atoms with van der Waals surface area (Å²) in [7, 11) is 0. The molecule has 0 atom stereocenters. The van der Waals surface area contributed by atoms with Gasteiger partial charge in [-0.25, -0.2) is 4.98 Å². The second-order valence-electron chi connectivity index (χ2n) is 8.00. The molecule has 0 unspecified atom stereocenters. The van der Waals surface area contributed by atoms with E-state index in [4.69, 9.17) is 14.7 Å². The van der Waals surface area contributed by atoms with Gasteiger partial charge in [0.25, 0.3) is 0 Å². The maximum atomic E-state index is 13.4. The second kappa shape index (κ2) is 9.98. The van der Waals surface area contributed by atoms with E-state index in [9.17, 15) is 13.2 Å². The summed E-state index contributed by atoms with van der Waals surface area (Å²) < 4.78 is 45.8. The van der Waals surface area contributed by atoms with E-state index >= 15 is 0 Å². The summed E-state index contributed by atoms with van der Waals surface area (Å²) in [5, 5.41) is 0. The van der Waals surface area contributed by atoms with E-state index < -0.39 is 11.7 Å². The lowest BCUT2D eigenvalue weighted by atomic mass is 10.2. The van der Waals surface area contributed by atoms with E-state index in [2.05, 4.69) is 33.5 Å². The number of alkyl halides is 3. The summed E-state index contributed by atoms with van der Waals surface area (Å²) in [6.07, 6.45) is -3.02. The van der Waals surface area contributed by atoms with Gasteiger partial charge in [-0.1, -0.05) is 0 Å². The van der Waals surface area contributed by atoms with Crippen molar-refractivity contribution in [1.29, 1.82) is 0 Å². The molecule has 2 aromatic rings. The van der Waals surface area contributed by atoms with Crippen LogP contribution in [-0.4, -0.2) is 80.5 Å². The average molecular weight is 466 g/mol. The smallest absolute Gasteiger partial charge is 0.378 e. The molecule has 11 heteroatoms. The zero-order valence-electron chi connectivity index (χ0n) is 19.1. The number of morpholine rings is 1. The number of aromatic nitrogens is 3. The molecule has 0 saturated carbocycles. The van der Waals surface area contributed by atoms with Gasteiger partial charge in [0.1, 0.15) is 17.5 Å². The van der Waals surface area contributed by atoms with Crippen molar-refractivity contribution in [1.82, 2.24) is 15.0 Å². The van der Waals surface area contributed by atoms with Gasteiger partial charge in [-0.15, -0.1) is 0 Å². The Morgan fingerprint density at radius 3 is 2.24 bits per heavy atom. The molecule has 2 aliphatic heterocycles. The first kappa shape index (κ1) is 23.3. The summed E-state index contributed by atoms with van der Waals surface area (Å²) in [4.78, 5) is 21.8. The van der Waals surface area contributed by atoms with Crippen molar-refractivity contribution in [3.8, 4) is 0 Å². The van der Waals surface area contributed by atoms with Gasteiger partial charge in [0.2, 0.25) is 5.95 Å². The Balaban J connectivity index is 1.56. The van der Waals surface area contributed by atoms with Crippen molar-refractivity contribution in [3.05, 3.63) is 30.0 Å². The van der Waals surface area contributed by atoms with E-state index in [0.29, 0.717) is 45.3 Å². The van der Waals surface area contributed by atoms with E-state index in [1.807, 2.05) is 6.07 Å². The third kappa shape index (κ3) is 5.23. The number of hydrogen-bond donors (Lipinski definition) is 0. The predicted octanol–water partition coefficient (Wildman–Crippen LogP) is 2.90. The van der Waals surface area contributed by atoms with Crippen molar-refractivity contribution >= 4 is 23.4 Å². The fourth-order valence-electron chi connectivity index (χ4n) is 4.20. The molecular weight excluding hydrogens is 435 g/mol. The quantitative estimate of drug-likeness (QED) is 0.646. The lowest BCUT2D eigenvalue weighted by molar-refractivity contribution is -0.137. The third-order valence-corrected chi connectivity index (χ3v) is 6.06. The van der Waals surface area contributed by atoms with Crippen molar-refractivity contribution in [2.24, 2.45) is 0 Å². The maximum absolute atomic E-state index is 13.4. The van der Waals surface area contributed by atoms with Gasteiger partial charge in [0.15, 0.2) is 0 Å². The topological polar surface area (TPSA) is 60.9 Å². The van der Waals surface area contributed by atoms with Crippen LogP contribution in [0.4, 0.5) is 36.6 Å². The normalized spacial score (nSPS) is 17.4. The highest BCUT2D eigenvalue weighted by atomic mass is 19.4. The Labute approximate surface area is 192 Å². The van der Waals surface area contributed by atoms with Gasteiger partial charge in [0, 0.05) is 64.6 Å². The highest BCUT2D eigenvalue weighted by molar-refractivity contribution is 5.57. The van der Waals surface area contributed by atoms with E-state index in [0.717, 1.165) is 43.9 Å². The molecule has 0 N–H and O–H groups in total. The molecule has 8 nitrogen and oxygen atoms in total. The number of anilines is 4. The molecule has 0 aromatic carbocycles. The first-order valence-electron chi connectivity index (χ1n) is 11.4. The van der Waals surface area contributed by atoms with Gasteiger partial charge in [0.05, 0.1) is 18.8 Å². The summed E-state index contributed by atoms with van der Waals surface area (Å²) in [5.41, 5.74) is -0.695. The van der Waals surface area contributed by atoms with Gasteiger partial charge in [-0.05, 0) is 26.0 Å². The monoisotopic (exact) mass is 465 g/mol. The third-order valence-electron chi connectivity index (χ3n) is 6.06. The minimum Gasteiger partial charge on any atom is -0.378 e. The summed E-state index contributed by atoms with van der Waals surface area (Å²) in [6.45, 7) is 10.5. The number of nitrogens with zero attached hydrogens (tertiary/aromatic N) is 7. The van der Waals surface area contributed by atoms with Crippen LogP contribution >= 0.6 is 0 Å². The van der Waals surface area contributed by atoms with E-state index in [-0.39, 0.29) is 5.82 Å². The first-order chi connectivity index (χ1) is 15.9. The van der Waals surface area contributed by atoms with Crippen LogP contribution in [0.5, 0.6) is 0 Å². The number of piperazine rings is 1. The molecule has 4 rings (SSSR count). The Morgan fingerprint density at radius 1 is 0.939 bits per heavy atom. The Kier molecular flexibility index (Phi) is 7.06. The molecule has 4 heterocycles. The van der Waals surface area contributed by atoms with Gasteiger partial charge < -0.3 is 24.3 Å². The molecule has 2 saturated heterocycles. The van der Waals surface area contributed by atoms with Crippen LogP contribution in [0.2, 0.25) is 0 Å². The number of pyridine rings is 1. The minimum atomic E-state index is -4.43. The van der Waals surface area contributed by atoms with Gasteiger partial charge in [-0.2, -0.15) is 23.1 Å². The molecule has 180 valence electrons. The molecule has 2 fully saturated rings. The molecule has 0 aliphatic carbocycles. The van der Waals surface area contributed by atoms with Crippen LogP contribution in [0, 0.1) is 0 Å². The largest absolute Gasteiger partial charge is 0.419 e. The van der Waals surface area contributed by atoms with Crippen LogP contribution in [-0.2, 0) is 10.9 Å². The SMILES string of the molecule is CCN(CC)c1cc(N2CCN(c3ncccc3C(F)(F)F)CC2)nc(N2CCOCC2)n1. The van der Waals surface area contributed by atoms with Gasteiger partial charge >= 0.3 is 6.18 Å². The highest BCUT2D eigenvalue weighted by Gasteiger charge is 2.36. The lowest BCUT2D eigenvalue weighted by Gasteiger charge is -2.37. The summed E-state index contributed by atoms with van der Waals surface area (Å²) in [5.74, 6) is 2.32. The summed E-state index contributed by atoms with van der Waals surface area (Å²) >= 11 is 0. The average Bonchev–Trinajstić information content (AvgIpc) is 2.85. The lowest BCUT2D eigenvalue weighted by Crippen LogP contribution is -2.48. The van der Waals surface area contributed by atoms with Crippen LogP contribution in [0.25, 0.3) is 0 Å². The van der Waals surface area contributed by atoms with Crippen LogP contribution in [0.1, 0.15) is 19.4 Å². The number of rotatable bonds is 6. The number of ether oxygens (including phenoxy) is 1. The highest BCUT2D eigenvalue weighted by Crippen LogP contribution is 2.35. The fraction of sp³-hybridized carbons (Fsp3) is 0.591. The van der Waals surface area contributed by atoms with E-state index in [1.165, 1.54) is 12.3 Å². The number of hydrogen-bond acceptors (Lipinski definition) is 8. The number of halogens is 3. The Morgan fingerprint density at radius 2 is 1.61 bits per heavy atom. The summed E-state index contributed by atoms with van der Waals surface area (Å²) in [6, 6.07) is 4.39. The molecule has 0 bridgehead atoms. The molecule has 0 spiro atoms. The zero-order chi connectivity index (χ0) is 23.4. The Hall–Kier alpha value is -2.82. The van der Waals surface area contributed by atoms with E-state index in [1.54, 1.807) is 4.90 Å². The fourth-order valence-corrected chi connectivity index (χ4v) is 4.20. The molecular formula is C22H30F3N7O. The minimum absolute atomic E-state index is 0.00910. The molecule has 2 aromatic heterocycles. The predicted molar refractivity (Wildman–Crippen MR) is 122 cm³/mol. The van der Waals surface area contributed by atoms with Crippen molar-refractivity contribution in [3.63, 3.8) is 0 Å². The molecule has 0 radical (unpaired) electrons. The van der Waals surface area contributed by atoms with Crippen LogP contribution in [0.15, 0.2) is 24.4 Å². The van der Waals surface area contributed by atoms with Gasteiger partial charge in [-0.3, -0.25) is 0 Å². The molecule has 2 aliphatic rings. The van der Waals surface area contributed by atoms with Crippen molar-refractivity contribution in [2.45, 2.75) is 20.0 Å². The van der Waals surface area contributed by atoms with Crippen LogP contribution < -0.4 is 19.6 Å². The van der Waals surface area contributed by atoms with Crippen molar-refractivity contribution in [2.75, 3.05) is 85.2 Å². The first-order valence-corrected chi connectivity index (χ1v) is 11.4. The zero-order valence-corrected chi connectivity index (χ0v) is 19.1. The standard InChI is InChI=1S/C22H30F3N7O/c1-3-29(4-2)18-16-19(28-21(27-18)32-12-14-33-15-13-32)30-8-10-31(11-9-30)20-17(22(23,24)25)6-5-7-26-20/h5-7,16H,3-4,8-15H2,1-2H3.